The van der Waals surface area contributed by atoms with Gasteiger partial charge in [0.1, 0.15) is 0 Å². The lowest BCUT2D eigenvalue weighted by Crippen LogP contribution is -2.46. The smallest absolute Gasteiger partial charge is 0.207 e. The maximum Gasteiger partial charge on any atom is 0.207 e. The van der Waals surface area contributed by atoms with Crippen LogP contribution in [0.2, 0.25) is 0 Å². The first-order valence-corrected chi connectivity index (χ1v) is 21.3. The number of para-hydroxylation sites is 1. The minimum Gasteiger partial charge on any atom is -0.310 e. The van der Waals surface area contributed by atoms with E-state index < -0.39 is 9.84 Å². The SMILES string of the molecule is C[C@@H]1CC2CC3(c4ccccc4S(=O)(=O)c4cc(N(c5ccc6c(c5)C(C)(C)c5ccccc5-6)c5ccccc5-c5ccccc5)ccc43)[C@@H](C1)C[C@H]2C. The predicted octanol–water partition coefficient (Wildman–Crippen LogP) is 12.7. The molecule has 3 fully saturated rings. The number of rotatable bonds is 4. The number of hydrogen-bond donors (Lipinski definition) is 0. The number of anilines is 3. The van der Waals surface area contributed by atoms with E-state index in [1.54, 1.807) is 0 Å². The highest BCUT2D eigenvalue weighted by Crippen LogP contribution is 2.62. The normalized spacial score (nSPS) is 25.3. The molecule has 6 aromatic carbocycles. The van der Waals surface area contributed by atoms with E-state index in [4.69, 9.17) is 0 Å². The largest absolute Gasteiger partial charge is 0.310 e. The Morgan fingerprint density at radius 2 is 1.20 bits per heavy atom. The van der Waals surface area contributed by atoms with Crippen molar-refractivity contribution in [2.24, 2.45) is 23.7 Å². The summed E-state index contributed by atoms with van der Waals surface area (Å²) in [5.41, 5.74) is 11.7. The van der Waals surface area contributed by atoms with Crippen LogP contribution in [0, 0.1) is 23.7 Å². The van der Waals surface area contributed by atoms with Gasteiger partial charge in [-0.2, -0.15) is 0 Å². The van der Waals surface area contributed by atoms with Crippen LogP contribution >= 0.6 is 0 Å². The zero-order valence-corrected chi connectivity index (χ0v) is 32.4. The summed E-state index contributed by atoms with van der Waals surface area (Å²) in [6.07, 6.45) is 4.47. The third-order valence-electron chi connectivity index (χ3n) is 13.8. The quantitative estimate of drug-likeness (QED) is 0.182. The fraction of sp³-hybridized carbons (Fsp3) is 0.280. The van der Waals surface area contributed by atoms with E-state index in [1.165, 1.54) is 28.7 Å². The number of sulfone groups is 1. The zero-order valence-electron chi connectivity index (χ0n) is 31.6. The van der Waals surface area contributed by atoms with Gasteiger partial charge in [-0.05, 0) is 125 Å². The second-order valence-corrected chi connectivity index (χ2v) is 19.1. The van der Waals surface area contributed by atoms with Crippen molar-refractivity contribution >= 4 is 26.9 Å². The molecule has 1 heterocycles. The van der Waals surface area contributed by atoms with Gasteiger partial charge in [0.2, 0.25) is 9.84 Å². The Morgan fingerprint density at radius 1 is 0.574 bits per heavy atom. The minimum atomic E-state index is -3.81. The van der Waals surface area contributed by atoms with E-state index in [0.29, 0.717) is 33.5 Å². The molecule has 0 radical (unpaired) electrons. The lowest BCUT2D eigenvalue weighted by Gasteiger charge is -2.51. The second kappa shape index (κ2) is 12.0. The molecule has 4 aliphatic carbocycles. The molecule has 0 saturated heterocycles. The number of hydrogen-bond acceptors (Lipinski definition) is 3. The molecule has 2 unspecified atom stereocenters. The summed E-state index contributed by atoms with van der Waals surface area (Å²) in [5, 5.41) is 0. The first kappa shape index (κ1) is 33.6. The van der Waals surface area contributed by atoms with Crippen LogP contribution in [0.25, 0.3) is 22.3 Å². The van der Waals surface area contributed by atoms with Gasteiger partial charge >= 0.3 is 0 Å². The lowest BCUT2D eigenvalue weighted by molar-refractivity contribution is 0.131. The van der Waals surface area contributed by atoms with Crippen molar-refractivity contribution in [3.63, 3.8) is 0 Å². The Hall–Kier alpha value is -4.93. The average molecular weight is 726 g/mol. The van der Waals surface area contributed by atoms with Crippen LogP contribution in [0.15, 0.2) is 149 Å². The monoisotopic (exact) mass is 725 g/mol. The van der Waals surface area contributed by atoms with Gasteiger partial charge in [0.15, 0.2) is 0 Å². The number of nitrogens with zero attached hydrogens (tertiary/aromatic N) is 1. The molecule has 3 saturated carbocycles. The molecule has 0 aromatic heterocycles. The highest BCUT2D eigenvalue weighted by atomic mass is 32.2. The van der Waals surface area contributed by atoms with Crippen LogP contribution in [-0.2, 0) is 20.7 Å². The van der Waals surface area contributed by atoms with Crippen molar-refractivity contribution in [1.82, 2.24) is 0 Å². The third-order valence-corrected chi connectivity index (χ3v) is 15.7. The molecule has 0 N–H and O–H groups in total. The molecule has 1 spiro atoms. The van der Waals surface area contributed by atoms with Crippen LogP contribution in [0.3, 0.4) is 0 Å². The Morgan fingerprint density at radius 3 is 2.02 bits per heavy atom. The van der Waals surface area contributed by atoms with Gasteiger partial charge in [-0.25, -0.2) is 8.42 Å². The van der Waals surface area contributed by atoms with Gasteiger partial charge in [0, 0.05) is 27.8 Å². The molecule has 2 bridgehead atoms. The van der Waals surface area contributed by atoms with Gasteiger partial charge in [0.25, 0.3) is 0 Å². The molecule has 0 amide bonds. The zero-order chi connectivity index (χ0) is 37.0. The van der Waals surface area contributed by atoms with Crippen LogP contribution in [-0.4, -0.2) is 8.42 Å². The molecule has 6 aromatic rings. The first-order valence-electron chi connectivity index (χ1n) is 19.8. The average Bonchev–Trinajstić information content (AvgIpc) is 3.26. The molecule has 4 heteroatoms. The van der Waals surface area contributed by atoms with Gasteiger partial charge in [0.05, 0.1) is 15.5 Å². The first-order chi connectivity index (χ1) is 26.1. The van der Waals surface area contributed by atoms with Crippen molar-refractivity contribution in [2.75, 3.05) is 4.90 Å². The number of benzene rings is 6. The third kappa shape index (κ3) is 4.75. The van der Waals surface area contributed by atoms with Crippen LogP contribution in [0.5, 0.6) is 0 Å². The van der Waals surface area contributed by atoms with E-state index in [9.17, 15) is 0 Å². The summed E-state index contributed by atoms with van der Waals surface area (Å²) in [4.78, 5) is 3.27. The molecular formula is C50H47NO2S. The summed E-state index contributed by atoms with van der Waals surface area (Å²) in [6.45, 7) is 9.46. The Labute approximate surface area is 320 Å². The standard InChI is InChI=1S/C50H47NO2S/c1-32-26-35-31-50(36(27-32)28-33(35)2)43-19-11-13-21-47(43)54(52,53)48-30-38(23-25-44(48)50)51(46-20-12-9-16-39(46)34-14-6-5-7-15-34)37-22-24-41-40-17-8-10-18-42(40)49(3,4)45(41)29-37/h5-25,29-30,32-33,35-36H,26-28,31H2,1-4H3/t32-,33-,35?,36+,50?/m1/s1. The summed E-state index contributed by atoms with van der Waals surface area (Å²) in [6, 6.07) is 49.0. The molecule has 270 valence electrons. The van der Waals surface area contributed by atoms with E-state index in [-0.39, 0.29) is 10.8 Å². The highest BCUT2D eigenvalue weighted by Gasteiger charge is 2.56. The summed E-state index contributed by atoms with van der Waals surface area (Å²) in [7, 11) is -3.81. The van der Waals surface area contributed by atoms with Gasteiger partial charge in [-0.15, -0.1) is 0 Å². The molecule has 3 nitrogen and oxygen atoms in total. The topological polar surface area (TPSA) is 37.4 Å². The van der Waals surface area contributed by atoms with Crippen molar-refractivity contribution in [3.8, 4) is 22.3 Å². The van der Waals surface area contributed by atoms with Crippen molar-refractivity contribution in [2.45, 2.75) is 74.0 Å². The molecule has 5 aliphatic rings. The van der Waals surface area contributed by atoms with Crippen molar-refractivity contribution < 1.29 is 8.42 Å². The Kier molecular flexibility index (Phi) is 7.49. The van der Waals surface area contributed by atoms with E-state index in [0.717, 1.165) is 58.6 Å². The number of fused-ring (bicyclic) bond motifs is 8. The summed E-state index contributed by atoms with van der Waals surface area (Å²) >= 11 is 0. The van der Waals surface area contributed by atoms with Gasteiger partial charge < -0.3 is 4.90 Å². The Balaban J connectivity index is 1.22. The van der Waals surface area contributed by atoms with Crippen molar-refractivity contribution in [1.29, 1.82) is 0 Å². The molecular weight excluding hydrogens is 679 g/mol. The maximum absolute atomic E-state index is 15.0. The van der Waals surface area contributed by atoms with Gasteiger partial charge in [-0.3, -0.25) is 0 Å². The van der Waals surface area contributed by atoms with E-state index in [1.807, 2.05) is 24.3 Å². The van der Waals surface area contributed by atoms with Crippen LogP contribution in [0.4, 0.5) is 17.1 Å². The fourth-order valence-electron chi connectivity index (χ4n) is 11.4. The van der Waals surface area contributed by atoms with E-state index >= 15 is 8.42 Å². The van der Waals surface area contributed by atoms with Crippen LogP contribution in [0.1, 0.15) is 75.6 Å². The van der Waals surface area contributed by atoms with Gasteiger partial charge in [-0.1, -0.05) is 131 Å². The highest BCUT2D eigenvalue weighted by molar-refractivity contribution is 7.91. The second-order valence-electron chi connectivity index (χ2n) is 17.2. The van der Waals surface area contributed by atoms with Crippen LogP contribution < -0.4 is 4.90 Å². The predicted molar refractivity (Wildman–Crippen MR) is 221 cm³/mol. The summed E-state index contributed by atoms with van der Waals surface area (Å²) < 4.78 is 30.0. The summed E-state index contributed by atoms with van der Waals surface area (Å²) in [5.74, 6) is 2.21. The molecule has 1 aliphatic heterocycles. The fourth-order valence-corrected chi connectivity index (χ4v) is 13.2. The molecule has 11 rings (SSSR count). The molecule has 5 atom stereocenters. The lowest BCUT2D eigenvalue weighted by atomic mass is 9.55. The van der Waals surface area contributed by atoms with E-state index in [2.05, 4.69) is 148 Å². The maximum atomic E-state index is 15.0. The Bertz CT molecular complexity index is 2570. The van der Waals surface area contributed by atoms with Crippen molar-refractivity contribution in [3.05, 3.63) is 162 Å². The minimum absolute atomic E-state index is 0.186. The molecule has 54 heavy (non-hydrogen) atoms.